The largest absolute Gasteiger partial charge is 0.478 e. The Balaban J connectivity index is 2.48. The molecule has 2 N–H and O–H groups in total. The minimum absolute atomic E-state index is 0.164. The van der Waals surface area contributed by atoms with Gasteiger partial charge >= 0.3 is 5.97 Å². The molecule has 1 heterocycles. The Kier molecular flexibility index (Phi) is 2.65. The van der Waals surface area contributed by atoms with Crippen LogP contribution in [0.2, 0.25) is 0 Å². The molecule has 0 spiro atoms. The highest BCUT2D eigenvalue weighted by molar-refractivity contribution is 5.88. The first kappa shape index (κ1) is 10.3. The van der Waals surface area contributed by atoms with Crippen molar-refractivity contribution in [2.75, 3.05) is 0 Å². The zero-order valence-corrected chi connectivity index (χ0v) is 8.24. The number of hydrogen-bond donors (Lipinski definition) is 2. The second kappa shape index (κ2) is 4.11. The molecule has 0 aliphatic carbocycles. The van der Waals surface area contributed by atoms with Crippen molar-refractivity contribution in [1.29, 1.82) is 0 Å². The van der Waals surface area contributed by atoms with Gasteiger partial charge in [-0.2, -0.15) is 0 Å². The summed E-state index contributed by atoms with van der Waals surface area (Å²) in [7, 11) is 0. The highest BCUT2D eigenvalue weighted by Crippen LogP contribution is 2.11. The van der Waals surface area contributed by atoms with Gasteiger partial charge in [-0.25, -0.2) is 9.48 Å². The van der Waals surface area contributed by atoms with Crippen molar-refractivity contribution in [1.82, 2.24) is 15.0 Å². The lowest BCUT2D eigenvalue weighted by molar-refractivity contribution is 0.0697. The highest BCUT2D eigenvalue weighted by Gasteiger charge is 2.08. The number of carbonyl (C=O) groups is 1. The molecule has 0 fully saturated rings. The summed E-state index contributed by atoms with van der Waals surface area (Å²) in [6.07, 6.45) is 1.42. The topological polar surface area (TPSA) is 88.2 Å². The van der Waals surface area contributed by atoms with Gasteiger partial charge in [0.05, 0.1) is 29.7 Å². The summed E-state index contributed by atoms with van der Waals surface area (Å²) in [6, 6.07) is 6.26. The molecule has 0 amide bonds. The lowest BCUT2D eigenvalue weighted by Crippen LogP contribution is -2.04. The molecule has 82 valence electrons. The molecule has 0 radical (unpaired) electrons. The molecule has 6 nitrogen and oxygen atoms in total. The number of benzene rings is 1. The fraction of sp³-hybridized carbons (Fsp3) is 0.100. The van der Waals surface area contributed by atoms with Crippen molar-refractivity contribution in [2.24, 2.45) is 0 Å². The molecular weight excluding hydrogens is 210 g/mol. The van der Waals surface area contributed by atoms with Crippen molar-refractivity contribution < 1.29 is 15.0 Å². The molecular formula is C10H9N3O3. The van der Waals surface area contributed by atoms with E-state index in [-0.39, 0.29) is 12.2 Å². The summed E-state index contributed by atoms with van der Waals surface area (Å²) in [5.41, 5.74) is 1.22. The predicted molar refractivity (Wildman–Crippen MR) is 54.2 cm³/mol. The average Bonchev–Trinajstić information content (AvgIpc) is 2.77. The van der Waals surface area contributed by atoms with Crippen molar-refractivity contribution in [3.63, 3.8) is 0 Å². The Morgan fingerprint density at radius 3 is 2.94 bits per heavy atom. The molecule has 0 bridgehead atoms. The van der Waals surface area contributed by atoms with E-state index in [0.29, 0.717) is 11.4 Å². The van der Waals surface area contributed by atoms with Crippen LogP contribution in [0.25, 0.3) is 5.69 Å². The normalized spacial score (nSPS) is 10.3. The van der Waals surface area contributed by atoms with Gasteiger partial charge in [-0.1, -0.05) is 11.3 Å². The molecule has 0 saturated heterocycles. The van der Waals surface area contributed by atoms with Gasteiger partial charge in [0.25, 0.3) is 0 Å². The van der Waals surface area contributed by atoms with Gasteiger partial charge in [-0.3, -0.25) is 0 Å². The summed E-state index contributed by atoms with van der Waals surface area (Å²) in [4.78, 5) is 10.8. The Bertz CT molecular complexity index is 522. The van der Waals surface area contributed by atoms with E-state index in [0.717, 1.165) is 0 Å². The Hall–Kier alpha value is -2.21. The van der Waals surface area contributed by atoms with E-state index in [1.54, 1.807) is 12.1 Å². The van der Waals surface area contributed by atoms with Crippen molar-refractivity contribution in [3.8, 4) is 5.69 Å². The quantitative estimate of drug-likeness (QED) is 0.782. The Morgan fingerprint density at radius 1 is 1.44 bits per heavy atom. The van der Waals surface area contributed by atoms with Crippen LogP contribution >= 0.6 is 0 Å². The van der Waals surface area contributed by atoms with Crippen LogP contribution in [0, 0.1) is 0 Å². The monoisotopic (exact) mass is 219 g/mol. The number of rotatable bonds is 3. The van der Waals surface area contributed by atoms with Crippen LogP contribution in [0.4, 0.5) is 0 Å². The second-order valence-electron chi connectivity index (χ2n) is 3.15. The molecule has 16 heavy (non-hydrogen) atoms. The number of hydrogen-bond acceptors (Lipinski definition) is 4. The van der Waals surface area contributed by atoms with Gasteiger partial charge < -0.3 is 10.2 Å². The predicted octanol–water partition coefficient (Wildman–Crippen LogP) is 0.458. The molecule has 0 unspecified atom stereocenters. The first-order chi connectivity index (χ1) is 7.72. The maximum Gasteiger partial charge on any atom is 0.335 e. The van der Waals surface area contributed by atoms with E-state index in [4.69, 9.17) is 10.2 Å². The molecule has 2 aromatic rings. The van der Waals surface area contributed by atoms with Gasteiger partial charge in [0.2, 0.25) is 0 Å². The number of aliphatic hydroxyl groups is 1. The molecule has 2 rings (SSSR count). The number of nitrogens with zero attached hydrogens (tertiary/aromatic N) is 3. The Morgan fingerprint density at radius 2 is 2.25 bits per heavy atom. The SMILES string of the molecule is O=C(O)c1cccc(-n2nncc2CO)c1. The van der Waals surface area contributed by atoms with Gasteiger partial charge in [0.1, 0.15) is 0 Å². The van der Waals surface area contributed by atoms with Gasteiger partial charge in [-0.05, 0) is 18.2 Å². The van der Waals surface area contributed by atoms with Crippen LogP contribution < -0.4 is 0 Å². The second-order valence-corrected chi connectivity index (χ2v) is 3.15. The number of aliphatic hydroxyl groups excluding tert-OH is 1. The fourth-order valence-electron chi connectivity index (χ4n) is 1.35. The van der Waals surface area contributed by atoms with Crippen LogP contribution in [0.1, 0.15) is 16.1 Å². The van der Waals surface area contributed by atoms with Crippen LogP contribution in [0.15, 0.2) is 30.5 Å². The summed E-state index contributed by atoms with van der Waals surface area (Å²) >= 11 is 0. The van der Waals surface area contributed by atoms with E-state index < -0.39 is 5.97 Å². The van der Waals surface area contributed by atoms with Gasteiger partial charge in [-0.15, -0.1) is 5.10 Å². The third kappa shape index (κ3) is 1.78. The van der Waals surface area contributed by atoms with E-state index in [1.807, 2.05) is 0 Å². The van der Waals surface area contributed by atoms with Gasteiger partial charge in [0.15, 0.2) is 0 Å². The first-order valence-electron chi connectivity index (χ1n) is 4.56. The summed E-state index contributed by atoms with van der Waals surface area (Å²) < 4.78 is 1.40. The molecule has 0 aliphatic heterocycles. The smallest absolute Gasteiger partial charge is 0.335 e. The summed E-state index contributed by atoms with van der Waals surface area (Å²) in [5, 5.41) is 25.3. The van der Waals surface area contributed by atoms with E-state index >= 15 is 0 Å². The summed E-state index contributed by atoms with van der Waals surface area (Å²) in [5.74, 6) is -1.01. The van der Waals surface area contributed by atoms with Crippen LogP contribution in [-0.4, -0.2) is 31.2 Å². The average molecular weight is 219 g/mol. The number of carboxylic acid groups (broad SMARTS) is 1. The van der Waals surface area contributed by atoms with Crippen LogP contribution in [0.5, 0.6) is 0 Å². The highest BCUT2D eigenvalue weighted by atomic mass is 16.4. The standard InChI is InChI=1S/C10H9N3O3/c14-6-9-5-11-12-13(9)8-3-1-2-7(4-8)10(15)16/h1-5,14H,6H2,(H,15,16). The van der Waals surface area contributed by atoms with E-state index in [9.17, 15) is 4.79 Å². The number of carboxylic acids is 1. The lowest BCUT2D eigenvalue weighted by Gasteiger charge is -2.04. The van der Waals surface area contributed by atoms with Crippen molar-refractivity contribution in [3.05, 3.63) is 41.7 Å². The molecule has 0 atom stereocenters. The zero-order valence-electron chi connectivity index (χ0n) is 8.24. The maximum absolute atomic E-state index is 10.8. The first-order valence-corrected chi connectivity index (χ1v) is 4.56. The molecule has 1 aromatic heterocycles. The van der Waals surface area contributed by atoms with Crippen LogP contribution in [0.3, 0.4) is 0 Å². The minimum Gasteiger partial charge on any atom is -0.478 e. The van der Waals surface area contributed by atoms with E-state index in [1.165, 1.54) is 23.0 Å². The molecule has 0 saturated carbocycles. The molecule has 0 aliphatic rings. The number of aromatic nitrogens is 3. The third-order valence-electron chi connectivity index (χ3n) is 2.12. The molecule has 6 heteroatoms. The minimum atomic E-state index is -1.01. The van der Waals surface area contributed by atoms with Crippen molar-refractivity contribution in [2.45, 2.75) is 6.61 Å². The lowest BCUT2D eigenvalue weighted by atomic mass is 10.2. The van der Waals surface area contributed by atoms with Crippen LogP contribution in [-0.2, 0) is 6.61 Å². The number of aromatic carboxylic acids is 1. The fourth-order valence-corrected chi connectivity index (χ4v) is 1.35. The van der Waals surface area contributed by atoms with Gasteiger partial charge in [0, 0.05) is 0 Å². The Labute approximate surface area is 90.8 Å². The maximum atomic E-state index is 10.8. The summed E-state index contributed by atoms with van der Waals surface area (Å²) in [6.45, 7) is -0.204. The van der Waals surface area contributed by atoms with E-state index in [2.05, 4.69) is 10.3 Å². The zero-order chi connectivity index (χ0) is 11.5. The van der Waals surface area contributed by atoms with Crippen molar-refractivity contribution >= 4 is 5.97 Å². The third-order valence-corrected chi connectivity index (χ3v) is 2.12. The molecule has 1 aromatic carbocycles.